The average molecular weight is 428 g/mol. The second-order valence-electron chi connectivity index (χ2n) is 7.40. The fourth-order valence-electron chi connectivity index (χ4n) is 4.11. The van der Waals surface area contributed by atoms with Crippen molar-refractivity contribution in [3.63, 3.8) is 0 Å². The second kappa shape index (κ2) is 7.86. The van der Waals surface area contributed by atoms with Gasteiger partial charge in [0.05, 0.1) is 29.3 Å². The SMILES string of the molecule is CCOC(=O)C1CCN(c2cccc(F)c2-n2c(N)c3c(cc2=O)C(=O)NC3=O)CC1. The third kappa shape index (κ3) is 3.43. The van der Waals surface area contributed by atoms with Crippen molar-refractivity contribution in [1.29, 1.82) is 0 Å². The molecule has 1 saturated heterocycles. The van der Waals surface area contributed by atoms with Gasteiger partial charge in [0.2, 0.25) is 0 Å². The number of hydrogen-bond acceptors (Lipinski definition) is 7. The van der Waals surface area contributed by atoms with Crippen molar-refractivity contribution in [1.82, 2.24) is 9.88 Å². The van der Waals surface area contributed by atoms with Gasteiger partial charge in [-0.3, -0.25) is 29.1 Å². The molecule has 1 aromatic carbocycles. The Kier molecular flexibility index (Phi) is 5.22. The molecule has 3 N–H and O–H groups in total. The third-order valence-electron chi connectivity index (χ3n) is 5.60. The van der Waals surface area contributed by atoms with Crippen LogP contribution in [-0.2, 0) is 9.53 Å². The normalized spacial score (nSPS) is 16.3. The smallest absolute Gasteiger partial charge is 0.309 e. The van der Waals surface area contributed by atoms with Gasteiger partial charge in [0.1, 0.15) is 17.3 Å². The van der Waals surface area contributed by atoms with Crippen molar-refractivity contribution < 1.29 is 23.5 Å². The van der Waals surface area contributed by atoms with Crippen molar-refractivity contribution >= 4 is 29.3 Å². The van der Waals surface area contributed by atoms with Crippen LogP contribution in [0.2, 0.25) is 0 Å². The van der Waals surface area contributed by atoms with Crippen molar-refractivity contribution in [2.45, 2.75) is 19.8 Å². The molecule has 0 unspecified atom stereocenters. The Morgan fingerprint density at radius 3 is 2.61 bits per heavy atom. The number of amides is 2. The Bertz CT molecular complexity index is 1150. The Labute approximate surface area is 176 Å². The lowest BCUT2D eigenvalue weighted by Crippen LogP contribution is -2.38. The highest BCUT2D eigenvalue weighted by Crippen LogP contribution is 2.33. The number of nitrogens with two attached hydrogens (primary N) is 1. The largest absolute Gasteiger partial charge is 0.466 e. The van der Waals surface area contributed by atoms with Crippen LogP contribution in [0.25, 0.3) is 5.69 Å². The average Bonchev–Trinajstić information content (AvgIpc) is 3.02. The van der Waals surface area contributed by atoms with Crippen LogP contribution in [0.1, 0.15) is 40.5 Å². The van der Waals surface area contributed by atoms with Crippen LogP contribution in [-0.4, -0.2) is 42.0 Å². The summed E-state index contributed by atoms with van der Waals surface area (Å²) in [7, 11) is 0. The number of nitrogen functional groups attached to an aromatic ring is 1. The maximum absolute atomic E-state index is 15.0. The predicted molar refractivity (Wildman–Crippen MR) is 110 cm³/mol. The molecule has 2 aliphatic heterocycles. The van der Waals surface area contributed by atoms with Gasteiger partial charge in [-0.05, 0) is 31.9 Å². The van der Waals surface area contributed by atoms with Crippen molar-refractivity contribution in [3.8, 4) is 5.69 Å². The van der Waals surface area contributed by atoms with Crippen molar-refractivity contribution in [2.24, 2.45) is 5.92 Å². The number of carbonyl (C=O) groups is 3. The third-order valence-corrected chi connectivity index (χ3v) is 5.60. The Morgan fingerprint density at radius 2 is 1.94 bits per heavy atom. The molecule has 1 fully saturated rings. The summed E-state index contributed by atoms with van der Waals surface area (Å²) in [6.45, 7) is 2.94. The van der Waals surface area contributed by atoms with Gasteiger partial charge in [-0.1, -0.05) is 6.07 Å². The summed E-state index contributed by atoms with van der Waals surface area (Å²) in [4.78, 5) is 50.7. The monoisotopic (exact) mass is 428 g/mol. The van der Waals surface area contributed by atoms with Crippen LogP contribution in [0, 0.1) is 11.7 Å². The van der Waals surface area contributed by atoms with Gasteiger partial charge >= 0.3 is 5.97 Å². The molecule has 0 radical (unpaired) electrons. The lowest BCUT2D eigenvalue weighted by Gasteiger charge is -2.34. The van der Waals surface area contributed by atoms with E-state index in [2.05, 4.69) is 5.32 Å². The summed E-state index contributed by atoms with van der Waals surface area (Å²) in [5.41, 5.74) is 5.38. The van der Waals surface area contributed by atoms with E-state index in [4.69, 9.17) is 10.5 Å². The maximum atomic E-state index is 15.0. The molecular weight excluding hydrogens is 407 g/mol. The molecule has 2 aliphatic rings. The number of carbonyl (C=O) groups excluding carboxylic acids is 3. The number of hydrogen-bond donors (Lipinski definition) is 2. The number of piperidine rings is 1. The van der Waals surface area contributed by atoms with Crippen LogP contribution < -0.4 is 21.5 Å². The molecule has 0 atom stereocenters. The fraction of sp³-hybridized carbons (Fsp3) is 0.333. The Morgan fingerprint density at radius 1 is 1.23 bits per heavy atom. The first kappa shape index (κ1) is 20.6. The number of imide groups is 1. The first-order valence-corrected chi connectivity index (χ1v) is 9.95. The van der Waals surface area contributed by atoms with E-state index in [0.717, 1.165) is 10.6 Å². The molecule has 1 aromatic heterocycles. The van der Waals surface area contributed by atoms with Crippen LogP contribution in [0.5, 0.6) is 0 Å². The molecule has 0 bridgehead atoms. The number of pyridine rings is 1. The standard InChI is InChI=1S/C21H21FN4O5/c1-2-31-21(30)11-6-8-25(9-7-11)14-5-3-4-13(22)17(14)26-15(27)10-12-16(18(26)23)20(29)24-19(12)28/h3-5,10-11H,2,6-9,23H2,1H3,(H,24,28,29). The fourth-order valence-corrected chi connectivity index (χ4v) is 4.11. The van der Waals surface area contributed by atoms with Gasteiger partial charge in [0.15, 0.2) is 0 Å². The Balaban J connectivity index is 1.76. The summed E-state index contributed by atoms with van der Waals surface area (Å²) in [6.07, 6.45) is 1.03. The molecule has 2 amide bonds. The summed E-state index contributed by atoms with van der Waals surface area (Å²) < 4.78 is 21.0. The van der Waals surface area contributed by atoms with E-state index in [9.17, 15) is 23.6 Å². The topological polar surface area (TPSA) is 124 Å². The zero-order valence-electron chi connectivity index (χ0n) is 16.8. The minimum atomic E-state index is -0.737. The molecule has 31 heavy (non-hydrogen) atoms. The second-order valence-corrected chi connectivity index (χ2v) is 7.40. The number of anilines is 2. The number of nitrogens with zero attached hydrogens (tertiary/aromatic N) is 2. The number of aromatic nitrogens is 1. The molecule has 9 nitrogen and oxygen atoms in total. The highest BCUT2D eigenvalue weighted by molar-refractivity contribution is 6.23. The first-order valence-electron chi connectivity index (χ1n) is 9.95. The van der Waals surface area contributed by atoms with Crippen LogP contribution in [0.3, 0.4) is 0 Å². The molecule has 10 heteroatoms. The van der Waals surface area contributed by atoms with Gasteiger partial charge in [0, 0.05) is 19.2 Å². The summed E-state index contributed by atoms with van der Waals surface area (Å²) in [5, 5.41) is 2.09. The van der Waals surface area contributed by atoms with Gasteiger partial charge in [-0.15, -0.1) is 0 Å². The molecule has 0 spiro atoms. The van der Waals surface area contributed by atoms with Gasteiger partial charge < -0.3 is 15.4 Å². The van der Waals surface area contributed by atoms with Crippen molar-refractivity contribution in [2.75, 3.05) is 30.3 Å². The van der Waals surface area contributed by atoms with Gasteiger partial charge in [-0.2, -0.15) is 0 Å². The first-order chi connectivity index (χ1) is 14.8. The van der Waals surface area contributed by atoms with Crippen LogP contribution in [0.15, 0.2) is 29.1 Å². The molecular formula is C21H21FN4O5. The number of esters is 1. The number of fused-ring (bicyclic) bond motifs is 1. The zero-order valence-corrected chi connectivity index (χ0v) is 16.8. The minimum absolute atomic E-state index is 0.102. The Hall–Kier alpha value is -3.69. The lowest BCUT2D eigenvalue weighted by atomic mass is 9.96. The minimum Gasteiger partial charge on any atom is -0.466 e. The van der Waals surface area contributed by atoms with E-state index < -0.39 is 23.2 Å². The van der Waals surface area contributed by atoms with Gasteiger partial charge in [-0.25, -0.2) is 4.39 Å². The number of halogens is 1. The number of rotatable bonds is 4. The van der Waals surface area contributed by atoms with E-state index in [0.29, 0.717) is 38.2 Å². The van der Waals surface area contributed by atoms with Crippen molar-refractivity contribution in [3.05, 3.63) is 51.6 Å². The maximum Gasteiger partial charge on any atom is 0.309 e. The number of benzene rings is 1. The number of nitrogens with one attached hydrogen (secondary N) is 1. The van der Waals surface area contributed by atoms with E-state index in [1.54, 1.807) is 13.0 Å². The lowest BCUT2D eigenvalue weighted by molar-refractivity contribution is -0.148. The number of ether oxygens (including phenoxy) is 1. The summed E-state index contributed by atoms with van der Waals surface area (Å²) in [6, 6.07) is 5.33. The molecule has 4 rings (SSSR count). The molecule has 162 valence electrons. The zero-order chi connectivity index (χ0) is 22.3. The van der Waals surface area contributed by atoms with E-state index in [-0.39, 0.29) is 34.5 Å². The summed E-state index contributed by atoms with van der Waals surface area (Å²) in [5.74, 6) is -2.96. The predicted octanol–water partition coefficient (Wildman–Crippen LogP) is 1.22. The van der Waals surface area contributed by atoms with Crippen LogP contribution >= 0.6 is 0 Å². The van der Waals surface area contributed by atoms with E-state index in [1.165, 1.54) is 12.1 Å². The van der Waals surface area contributed by atoms with Gasteiger partial charge in [0.25, 0.3) is 17.4 Å². The highest BCUT2D eigenvalue weighted by atomic mass is 19.1. The molecule has 0 saturated carbocycles. The van der Waals surface area contributed by atoms with E-state index >= 15 is 0 Å². The quantitative estimate of drug-likeness (QED) is 0.554. The van der Waals surface area contributed by atoms with E-state index in [1.807, 2.05) is 4.90 Å². The molecule has 2 aromatic rings. The molecule has 0 aliphatic carbocycles. The number of para-hydroxylation sites is 1. The highest BCUT2D eigenvalue weighted by Gasteiger charge is 2.34. The molecule has 3 heterocycles. The summed E-state index contributed by atoms with van der Waals surface area (Å²) >= 11 is 0. The van der Waals surface area contributed by atoms with Crippen LogP contribution in [0.4, 0.5) is 15.9 Å².